The number of methoxy groups -OCH3 is 1. The molecule has 0 saturated carbocycles. The van der Waals surface area contributed by atoms with Gasteiger partial charge in [-0.1, -0.05) is 0 Å². The summed E-state index contributed by atoms with van der Waals surface area (Å²) >= 11 is 0. The molecule has 9 heteroatoms. The van der Waals surface area contributed by atoms with Crippen molar-refractivity contribution in [3.05, 3.63) is 18.1 Å². The zero-order chi connectivity index (χ0) is 13.8. The number of rotatable bonds is 4. The molecule has 1 aromatic rings. The molecule has 18 heavy (non-hydrogen) atoms. The van der Waals surface area contributed by atoms with E-state index in [0.717, 1.165) is 19.5 Å². The Hall–Kier alpha value is -1.90. The van der Waals surface area contributed by atoms with Crippen molar-refractivity contribution in [3.63, 3.8) is 0 Å². The first kappa shape index (κ1) is 14.2. The molecule has 0 aromatic carbocycles. The summed E-state index contributed by atoms with van der Waals surface area (Å²) in [5.74, 6) is -0.699. The van der Waals surface area contributed by atoms with Gasteiger partial charge in [-0.05, 0) is 0 Å². The minimum Gasteiger partial charge on any atom is -0.464 e. The number of nitrogens with one attached hydrogen (secondary N) is 1. The van der Waals surface area contributed by atoms with Gasteiger partial charge in [0.15, 0.2) is 11.8 Å². The minimum atomic E-state index is -4.70. The number of aromatic nitrogens is 2. The fraction of sp³-hybridized carbons (Fsp3) is 0.444. The summed E-state index contributed by atoms with van der Waals surface area (Å²) in [7, 11) is 1.16. The topological polar surface area (TPSA) is 84.3 Å². The smallest absolute Gasteiger partial charge is 0.416 e. The third-order valence-corrected chi connectivity index (χ3v) is 1.90. The predicted molar refractivity (Wildman–Crippen MR) is 53.9 cm³/mol. The Morgan fingerprint density at radius 1 is 1.50 bits per heavy atom. The number of hydrogen-bond acceptors (Lipinski definition) is 6. The molecule has 0 fully saturated rings. The predicted octanol–water partition coefficient (Wildman–Crippen LogP) is 0.598. The Labute approximate surface area is 99.8 Å². The van der Waals surface area contributed by atoms with Gasteiger partial charge in [0.1, 0.15) is 5.82 Å². The van der Waals surface area contributed by atoms with Crippen LogP contribution in [-0.4, -0.2) is 47.0 Å². The van der Waals surface area contributed by atoms with Crippen LogP contribution < -0.4 is 5.32 Å². The lowest BCUT2D eigenvalue weighted by Gasteiger charge is -2.15. The highest BCUT2D eigenvalue weighted by Gasteiger charge is 2.37. The van der Waals surface area contributed by atoms with Gasteiger partial charge in [-0.2, -0.15) is 13.2 Å². The molecule has 0 spiro atoms. The highest BCUT2D eigenvalue weighted by atomic mass is 19.4. The van der Waals surface area contributed by atoms with Crippen LogP contribution in [0.5, 0.6) is 0 Å². The summed E-state index contributed by atoms with van der Waals surface area (Å²) < 4.78 is 40.3. The number of hydrogen-bond donors (Lipinski definition) is 2. The first-order valence-corrected chi connectivity index (χ1v) is 4.73. The monoisotopic (exact) mass is 265 g/mol. The largest absolute Gasteiger partial charge is 0.464 e. The number of aliphatic hydroxyl groups is 1. The van der Waals surface area contributed by atoms with E-state index in [2.05, 4.69) is 20.0 Å². The van der Waals surface area contributed by atoms with Crippen LogP contribution in [0.3, 0.4) is 0 Å². The standard InChI is InChI=1S/C9H10F3N3O3/c1-18-8(17)5-2-14-7(4-13-5)15-3-6(16)9(10,11)12/h2,4,6,16H,3H2,1H3,(H,14,15). The zero-order valence-corrected chi connectivity index (χ0v) is 9.23. The molecule has 2 N–H and O–H groups in total. The van der Waals surface area contributed by atoms with Gasteiger partial charge in [0.2, 0.25) is 0 Å². The van der Waals surface area contributed by atoms with Crippen molar-refractivity contribution in [3.8, 4) is 0 Å². The van der Waals surface area contributed by atoms with E-state index in [1.807, 2.05) is 0 Å². The molecule has 6 nitrogen and oxygen atoms in total. The third-order valence-electron chi connectivity index (χ3n) is 1.90. The second-order valence-corrected chi connectivity index (χ2v) is 3.22. The van der Waals surface area contributed by atoms with Crippen molar-refractivity contribution in [2.45, 2.75) is 12.3 Å². The van der Waals surface area contributed by atoms with Crippen LogP contribution in [0.25, 0.3) is 0 Å². The van der Waals surface area contributed by atoms with Gasteiger partial charge in [0.25, 0.3) is 0 Å². The summed E-state index contributed by atoms with van der Waals surface area (Å²) in [5.41, 5.74) is -0.0700. The molecule has 0 aliphatic heterocycles. The van der Waals surface area contributed by atoms with E-state index >= 15 is 0 Å². The number of carbonyl (C=O) groups is 1. The van der Waals surface area contributed by atoms with Gasteiger partial charge in [-0.15, -0.1) is 0 Å². The second kappa shape index (κ2) is 5.63. The molecular weight excluding hydrogens is 255 g/mol. The summed E-state index contributed by atoms with van der Waals surface area (Å²) in [6.07, 6.45) is -5.09. The van der Waals surface area contributed by atoms with Crippen LogP contribution >= 0.6 is 0 Å². The second-order valence-electron chi connectivity index (χ2n) is 3.22. The SMILES string of the molecule is COC(=O)c1cnc(NCC(O)C(F)(F)F)cn1. The van der Waals surface area contributed by atoms with Crippen molar-refractivity contribution in [1.29, 1.82) is 0 Å². The highest BCUT2D eigenvalue weighted by Crippen LogP contribution is 2.20. The van der Waals surface area contributed by atoms with Crippen LogP contribution in [-0.2, 0) is 4.74 Å². The van der Waals surface area contributed by atoms with E-state index in [4.69, 9.17) is 5.11 Å². The molecule has 1 unspecified atom stereocenters. The van der Waals surface area contributed by atoms with Gasteiger partial charge in [-0.3, -0.25) is 0 Å². The molecule has 0 aliphatic carbocycles. The van der Waals surface area contributed by atoms with Crippen LogP contribution in [0.2, 0.25) is 0 Å². The number of carbonyl (C=O) groups excluding carboxylic acids is 1. The van der Waals surface area contributed by atoms with Gasteiger partial charge in [0, 0.05) is 0 Å². The molecule has 0 amide bonds. The third kappa shape index (κ3) is 3.84. The average Bonchev–Trinajstić information content (AvgIpc) is 2.34. The normalized spacial score (nSPS) is 12.9. The maximum Gasteiger partial charge on any atom is 0.416 e. The Morgan fingerprint density at radius 3 is 2.61 bits per heavy atom. The number of anilines is 1. The van der Waals surface area contributed by atoms with Crippen LogP contribution in [0.1, 0.15) is 10.5 Å². The van der Waals surface area contributed by atoms with Crippen LogP contribution in [0.4, 0.5) is 19.0 Å². The Balaban J connectivity index is 2.57. The van der Waals surface area contributed by atoms with E-state index in [1.165, 1.54) is 0 Å². The first-order chi connectivity index (χ1) is 8.34. The van der Waals surface area contributed by atoms with Crippen molar-refractivity contribution in [2.24, 2.45) is 0 Å². The number of ether oxygens (including phenoxy) is 1. The van der Waals surface area contributed by atoms with Crippen LogP contribution in [0, 0.1) is 0 Å². The van der Waals surface area contributed by atoms with Crippen LogP contribution in [0.15, 0.2) is 12.4 Å². The average molecular weight is 265 g/mol. The maximum absolute atomic E-state index is 12.0. The fourth-order valence-electron chi connectivity index (χ4n) is 0.946. The highest BCUT2D eigenvalue weighted by molar-refractivity contribution is 5.86. The van der Waals surface area contributed by atoms with Gasteiger partial charge in [0.05, 0.1) is 26.0 Å². The first-order valence-electron chi connectivity index (χ1n) is 4.73. The van der Waals surface area contributed by atoms with E-state index in [-0.39, 0.29) is 11.5 Å². The molecule has 0 aliphatic rings. The lowest BCUT2D eigenvalue weighted by atomic mass is 10.3. The van der Waals surface area contributed by atoms with Crippen molar-refractivity contribution < 1.29 is 27.8 Å². The number of alkyl halides is 3. The Kier molecular flexibility index (Phi) is 4.43. The Morgan fingerprint density at radius 2 is 2.17 bits per heavy atom. The molecular formula is C9H10F3N3O3. The van der Waals surface area contributed by atoms with E-state index in [1.54, 1.807) is 0 Å². The van der Waals surface area contributed by atoms with E-state index in [9.17, 15) is 18.0 Å². The summed E-state index contributed by atoms with van der Waals surface area (Å²) in [4.78, 5) is 18.3. The summed E-state index contributed by atoms with van der Waals surface area (Å²) in [5, 5.41) is 11.0. The quantitative estimate of drug-likeness (QED) is 0.775. The van der Waals surface area contributed by atoms with Crippen molar-refractivity contribution >= 4 is 11.8 Å². The van der Waals surface area contributed by atoms with Gasteiger partial charge < -0.3 is 15.2 Å². The van der Waals surface area contributed by atoms with Crippen molar-refractivity contribution in [2.75, 3.05) is 19.0 Å². The number of aliphatic hydroxyl groups excluding tert-OH is 1. The number of esters is 1. The molecule has 100 valence electrons. The summed E-state index contributed by atoms with van der Waals surface area (Å²) in [6.45, 7) is -0.754. The minimum absolute atomic E-state index is 0.00551. The maximum atomic E-state index is 12.0. The molecule has 1 atom stereocenters. The molecule has 0 saturated heterocycles. The lowest BCUT2D eigenvalue weighted by molar-refractivity contribution is -0.198. The molecule has 0 bridgehead atoms. The van der Waals surface area contributed by atoms with E-state index in [0.29, 0.717) is 0 Å². The molecule has 0 radical (unpaired) electrons. The number of nitrogens with zero attached hydrogens (tertiary/aromatic N) is 2. The van der Waals surface area contributed by atoms with E-state index < -0.39 is 24.8 Å². The Bertz CT molecular complexity index is 408. The van der Waals surface area contributed by atoms with Crippen molar-refractivity contribution in [1.82, 2.24) is 9.97 Å². The lowest BCUT2D eigenvalue weighted by Crippen LogP contribution is -2.35. The molecule has 1 heterocycles. The van der Waals surface area contributed by atoms with Gasteiger partial charge in [-0.25, -0.2) is 14.8 Å². The molecule has 1 rings (SSSR count). The summed E-state index contributed by atoms with van der Waals surface area (Å²) in [6, 6.07) is 0. The van der Waals surface area contributed by atoms with Gasteiger partial charge >= 0.3 is 12.1 Å². The molecule has 1 aromatic heterocycles. The fourth-order valence-corrected chi connectivity index (χ4v) is 0.946. The number of halogens is 3. The zero-order valence-electron chi connectivity index (χ0n) is 9.23.